The van der Waals surface area contributed by atoms with Crippen LogP contribution in [0.3, 0.4) is 0 Å². The maximum absolute atomic E-state index is 12.5. The van der Waals surface area contributed by atoms with Gasteiger partial charge in [-0.3, -0.25) is 24.3 Å². The zero-order valence-electron chi connectivity index (χ0n) is 47.2. The summed E-state index contributed by atoms with van der Waals surface area (Å²) in [5.41, 5.74) is 6.15. The summed E-state index contributed by atoms with van der Waals surface area (Å²) in [6, 6.07) is 18.1. The summed E-state index contributed by atoms with van der Waals surface area (Å²) in [4.78, 5) is 34.4. The predicted molar refractivity (Wildman–Crippen MR) is 286 cm³/mol. The monoisotopic (exact) mass is 915 g/mol. The first-order valence-electron chi connectivity index (χ1n) is 25.5. The lowest BCUT2D eigenvalue weighted by molar-refractivity contribution is -0.137. The molecule has 4 unspecified atom stereocenters. The summed E-state index contributed by atoms with van der Waals surface area (Å²) in [6.07, 6.45) is 5.35. The second-order valence-electron chi connectivity index (χ2n) is 28.1. The van der Waals surface area contributed by atoms with Crippen molar-refractivity contribution in [3.8, 4) is 0 Å². The van der Waals surface area contributed by atoms with Gasteiger partial charge in [0.1, 0.15) is 6.04 Å². The molecular formula is C58H102N6O2. The van der Waals surface area contributed by atoms with Gasteiger partial charge >= 0.3 is 0 Å². The molecule has 2 aromatic carbocycles. The van der Waals surface area contributed by atoms with Crippen LogP contribution in [0, 0.1) is 21.7 Å². The van der Waals surface area contributed by atoms with Crippen molar-refractivity contribution in [3.63, 3.8) is 0 Å². The third-order valence-electron chi connectivity index (χ3n) is 13.7. The topological polar surface area (TPSA) is 71.2 Å². The van der Waals surface area contributed by atoms with Crippen LogP contribution in [-0.4, -0.2) is 93.0 Å². The van der Waals surface area contributed by atoms with E-state index in [1.165, 1.54) is 49.9 Å². The molecule has 66 heavy (non-hydrogen) atoms. The number of piperidine rings is 1. The minimum absolute atomic E-state index is 0.0161. The number of rotatable bonds is 0. The Kier molecular flexibility index (Phi) is 18.2. The average molecular weight is 915 g/mol. The molecule has 0 spiro atoms. The Balaban J connectivity index is 0.000000235. The van der Waals surface area contributed by atoms with Crippen LogP contribution in [0.15, 0.2) is 48.5 Å². The number of hydrogen-bond acceptors (Lipinski definition) is 6. The van der Waals surface area contributed by atoms with Crippen LogP contribution in [0.2, 0.25) is 0 Å². The van der Waals surface area contributed by atoms with Gasteiger partial charge in [0.05, 0.1) is 17.4 Å². The Morgan fingerprint density at radius 3 is 1.41 bits per heavy atom. The summed E-state index contributed by atoms with van der Waals surface area (Å²) < 4.78 is 0. The van der Waals surface area contributed by atoms with Gasteiger partial charge in [0.2, 0.25) is 11.8 Å². The molecular weight excluding hydrogens is 813 g/mol. The molecule has 0 aromatic heterocycles. The Morgan fingerprint density at radius 2 is 0.955 bits per heavy atom. The van der Waals surface area contributed by atoms with E-state index in [1.54, 1.807) is 0 Å². The van der Waals surface area contributed by atoms with Crippen molar-refractivity contribution in [2.24, 2.45) is 21.7 Å². The quantitative estimate of drug-likeness (QED) is 0.274. The van der Waals surface area contributed by atoms with Crippen LogP contribution in [0.5, 0.6) is 0 Å². The van der Waals surface area contributed by atoms with Crippen molar-refractivity contribution < 1.29 is 9.59 Å². The molecule has 2 fully saturated rings. The van der Waals surface area contributed by atoms with Gasteiger partial charge in [0.15, 0.2) is 0 Å². The minimum Gasteiger partial charge on any atom is -0.353 e. The lowest BCUT2D eigenvalue weighted by atomic mass is 9.75. The molecule has 8 heteroatoms. The number of carbonyl (C=O) groups is 2. The van der Waals surface area contributed by atoms with Crippen molar-refractivity contribution in [2.45, 2.75) is 238 Å². The molecule has 2 N–H and O–H groups in total. The molecule has 2 amide bonds. The number of para-hydroxylation sites is 2. The molecule has 2 aromatic rings. The minimum atomic E-state index is -0.164. The summed E-state index contributed by atoms with van der Waals surface area (Å²) in [5, 5.41) is 6.00. The van der Waals surface area contributed by atoms with E-state index in [0.717, 1.165) is 30.5 Å². The molecule has 0 aliphatic carbocycles. The first kappa shape index (κ1) is 57.4. The second kappa shape index (κ2) is 21.0. The summed E-state index contributed by atoms with van der Waals surface area (Å²) in [7, 11) is 0. The van der Waals surface area contributed by atoms with Crippen LogP contribution in [0.1, 0.15) is 203 Å². The fraction of sp³-hybridized carbons (Fsp3) is 0.759. The highest BCUT2D eigenvalue weighted by atomic mass is 16.2. The lowest BCUT2D eigenvalue weighted by Crippen LogP contribution is -2.64. The molecule has 4 heterocycles. The molecule has 8 nitrogen and oxygen atoms in total. The van der Waals surface area contributed by atoms with Crippen molar-refractivity contribution in [2.75, 3.05) is 36.4 Å². The summed E-state index contributed by atoms with van der Waals surface area (Å²) in [5.74, 6) is 0.254. The maximum atomic E-state index is 12.5. The van der Waals surface area contributed by atoms with E-state index in [0.29, 0.717) is 17.0 Å². The number of fused-ring (bicyclic) bond motifs is 2. The van der Waals surface area contributed by atoms with E-state index in [-0.39, 0.29) is 56.8 Å². The zero-order valence-corrected chi connectivity index (χ0v) is 47.2. The zero-order chi connectivity index (χ0) is 50.8. The van der Waals surface area contributed by atoms with Crippen molar-refractivity contribution in [3.05, 3.63) is 59.7 Å². The number of piperazine rings is 1. The van der Waals surface area contributed by atoms with E-state index in [9.17, 15) is 9.59 Å². The number of hydrogen-bond donors (Lipinski definition) is 2. The van der Waals surface area contributed by atoms with E-state index in [1.807, 2.05) is 18.2 Å². The van der Waals surface area contributed by atoms with Gasteiger partial charge in [-0.05, 0) is 154 Å². The van der Waals surface area contributed by atoms with Gasteiger partial charge in [-0.25, -0.2) is 0 Å². The predicted octanol–water partition coefficient (Wildman–Crippen LogP) is 13.4. The molecule has 6 rings (SSSR count). The number of carbonyl (C=O) groups excluding carboxylic acids is 2. The molecule has 4 atom stereocenters. The highest BCUT2D eigenvalue weighted by Gasteiger charge is 2.46. The molecule has 0 radical (unpaired) electrons. The molecule has 376 valence electrons. The van der Waals surface area contributed by atoms with E-state index in [4.69, 9.17) is 0 Å². The van der Waals surface area contributed by atoms with Crippen LogP contribution in [-0.2, 0) is 16.0 Å². The highest BCUT2D eigenvalue weighted by molar-refractivity contribution is 6.04. The fourth-order valence-electron chi connectivity index (χ4n) is 10.9. The van der Waals surface area contributed by atoms with Crippen molar-refractivity contribution in [1.29, 1.82) is 0 Å². The van der Waals surface area contributed by atoms with Gasteiger partial charge in [-0.2, -0.15) is 0 Å². The maximum Gasteiger partial charge on any atom is 0.247 e. The standard InChI is InChI=1S/C17H27N.C16H24N2O.C13H27N.C12H24N2O/c1-16(2,3)15-14-10-8-7-9-13(14)11-12-18(15)17(4,5)6;1-15(2,3)13-14(19)17-11-9-7-8-10-12(11)18(13)16(4,5)6;1-12(2,3)11-9-7-8-10-14(11)13(4,5)6;1-11(2,3)9-10(15)13-7-8-14(9)12(4,5)6/h7-10,15H,11-12H2,1-6H3;7-10,13H,1-6H3,(H,17,19);11H,7-10H2,1-6H3;9H,7-8H2,1-6H3,(H,13,15). The number of amides is 2. The number of nitrogens with zero attached hydrogens (tertiary/aromatic N) is 4. The molecule has 4 aliphatic rings. The third kappa shape index (κ3) is 15.0. The Labute approximate surface area is 407 Å². The fourth-order valence-corrected chi connectivity index (χ4v) is 10.9. The summed E-state index contributed by atoms with van der Waals surface area (Å²) in [6.45, 7) is 58.1. The number of likely N-dealkylation sites (tertiary alicyclic amines) is 1. The second-order valence-corrected chi connectivity index (χ2v) is 28.1. The first-order valence-corrected chi connectivity index (χ1v) is 25.5. The largest absolute Gasteiger partial charge is 0.353 e. The number of benzene rings is 2. The lowest BCUT2D eigenvalue weighted by Gasteiger charge is -2.50. The first-order chi connectivity index (χ1) is 29.7. The SMILES string of the molecule is CC(C)(C)C1C(=O)NCCN1C(C)(C)C.CC(C)(C)C1C(=O)Nc2ccccc2N1C(C)(C)C.CC(C)(C)C1CCCCN1C(C)(C)C.CC(C)(C)C1c2ccccc2CCN1C(C)(C)C. The Morgan fingerprint density at radius 1 is 0.470 bits per heavy atom. The molecule has 0 saturated carbocycles. The molecule has 2 saturated heterocycles. The third-order valence-corrected chi connectivity index (χ3v) is 13.7. The molecule has 0 bridgehead atoms. The van der Waals surface area contributed by atoms with E-state index in [2.05, 4.69) is 227 Å². The van der Waals surface area contributed by atoms with Gasteiger partial charge in [0.25, 0.3) is 0 Å². The van der Waals surface area contributed by atoms with Crippen molar-refractivity contribution >= 4 is 23.2 Å². The Hall–Kier alpha value is -2.94. The van der Waals surface area contributed by atoms with Crippen LogP contribution in [0.4, 0.5) is 11.4 Å². The highest BCUT2D eigenvalue weighted by Crippen LogP contribution is 2.46. The van der Waals surface area contributed by atoms with Crippen LogP contribution < -0.4 is 15.5 Å². The number of nitrogens with one attached hydrogen (secondary N) is 2. The van der Waals surface area contributed by atoms with Gasteiger partial charge in [-0.15, -0.1) is 0 Å². The number of anilines is 2. The molecule has 4 aliphatic heterocycles. The normalized spacial score (nSPS) is 23.1. The van der Waals surface area contributed by atoms with E-state index < -0.39 is 0 Å². The van der Waals surface area contributed by atoms with E-state index >= 15 is 0 Å². The van der Waals surface area contributed by atoms with Crippen LogP contribution in [0.25, 0.3) is 0 Å². The Bertz CT molecular complexity index is 1860. The van der Waals surface area contributed by atoms with Gasteiger partial charge < -0.3 is 15.5 Å². The smallest absolute Gasteiger partial charge is 0.247 e. The van der Waals surface area contributed by atoms with Gasteiger partial charge in [-0.1, -0.05) is 126 Å². The van der Waals surface area contributed by atoms with Crippen LogP contribution >= 0.6 is 0 Å². The summed E-state index contributed by atoms with van der Waals surface area (Å²) >= 11 is 0. The van der Waals surface area contributed by atoms with Crippen molar-refractivity contribution in [1.82, 2.24) is 20.0 Å². The van der Waals surface area contributed by atoms with Gasteiger partial charge in [0, 0.05) is 53.9 Å². The average Bonchev–Trinajstić information content (AvgIpc) is 3.14.